The molecule has 2 rings (SSSR count). The predicted octanol–water partition coefficient (Wildman–Crippen LogP) is 3.91. The van der Waals surface area contributed by atoms with Gasteiger partial charge in [0.15, 0.2) is 11.6 Å². The van der Waals surface area contributed by atoms with Gasteiger partial charge in [0.2, 0.25) is 23.1 Å². The zero-order chi connectivity index (χ0) is 20.3. The molecule has 2 aromatic carbocycles. The van der Waals surface area contributed by atoms with Crippen LogP contribution < -0.4 is 9.47 Å². The third kappa shape index (κ3) is 4.22. The van der Waals surface area contributed by atoms with Crippen LogP contribution in [-0.2, 0) is 0 Å². The molecule has 8 nitrogen and oxygen atoms in total. The summed E-state index contributed by atoms with van der Waals surface area (Å²) >= 11 is 0. The van der Waals surface area contributed by atoms with Crippen molar-refractivity contribution in [3.05, 3.63) is 67.8 Å². The fraction of sp³-hybridized carbons (Fsp3) is 0.200. The van der Waals surface area contributed by atoms with Crippen molar-refractivity contribution in [1.29, 1.82) is 0 Å². The van der Waals surface area contributed by atoms with Crippen LogP contribution in [0.2, 0.25) is 0 Å². The van der Waals surface area contributed by atoms with Crippen molar-refractivity contribution in [2.24, 2.45) is 0 Å². The summed E-state index contributed by atoms with van der Waals surface area (Å²) in [5, 5.41) is 21.7. The number of benzene rings is 2. The highest BCUT2D eigenvalue weighted by atomic mass is 19.2. The Balaban J connectivity index is 2.23. The Bertz CT molecular complexity index is 908. The number of halogens is 4. The highest BCUT2D eigenvalue weighted by Gasteiger charge is 2.27. The first kappa shape index (κ1) is 19.9. The number of hydrogen-bond donors (Lipinski definition) is 0. The smallest absolute Gasteiger partial charge is 0.314 e. The topological polar surface area (TPSA) is 105 Å². The summed E-state index contributed by atoms with van der Waals surface area (Å²) in [6.07, 6.45) is -1.25. The molecule has 0 aliphatic carbocycles. The molecule has 0 fully saturated rings. The molecule has 0 N–H and O–H groups in total. The van der Waals surface area contributed by atoms with E-state index in [1.807, 2.05) is 0 Å². The first-order chi connectivity index (χ1) is 12.6. The van der Waals surface area contributed by atoms with Gasteiger partial charge < -0.3 is 9.47 Å². The monoisotopic (exact) mass is 390 g/mol. The Morgan fingerprint density at radius 2 is 1.33 bits per heavy atom. The second-order valence-electron chi connectivity index (χ2n) is 5.17. The summed E-state index contributed by atoms with van der Waals surface area (Å²) < 4.78 is 63.9. The molecule has 2 aromatic rings. The van der Waals surface area contributed by atoms with Crippen LogP contribution in [0.25, 0.3) is 0 Å². The van der Waals surface area contributed by atoms with Gasteiger partial charge in [-0.15, -0.1) is 0 Å². The molecule has 0 aliphatic rings. The number of nitrogens with zero attached hydrogens (tertiary/aromatic N) is 2. The van der Waals surface area contributed by atoms with E-state index in [0.717, 1.165) is 0 Å². The molecule has 0 amide bonds. The quantitative estimate of drug-likeness (QED) is 0.403. The number of nitro benzene ring substituents is 2. The molecule has 27 heavy (non-hydrogen) atoms. The summed E-state index contributed by atoms with van der Waals surface area (Å²) in [6.45, 7) is 0.505. The largest absolute Gasteiger partial charge is 0.481 e. The third-order valence-electron chi connectivity index (χ3n) is 3.23. The Kier molecular flexibility index (Phi) is 5.78. The van der Waals surface area contributed by atoms with E-state index in [-0.39, 0.29) is 0 Å². The minimum absolute atomic E-state index is 0.533. The number of ether oxygens (including phenoxy) is 2. The maximum atomic E-state index is 13.8. The van der Waals surface area contributed by atoms with Gasteiger partial charge in [0.05, 0.1) is 9.85 Å². The average molecular weight is 390 g/mol. The molecule has 0 radical (unpaired) electrons. The molecular formula is C15H10F4N2O6. The van der Waals surface area contributed by atoms with Crippen molar-refractivity contribution in [1.82, 2.24) is 0 Å². The van der Waals surface area contributed by atoms with Crippen LogP contribution in [-0.4, -0.2) is 22.6 Å². The highest BCUT2D eigenvalue weighted by molar-refractivity contribution is 5.48. The summed E-state index contributed by atoms with van der Waals surface area (Å²) in [4.78, 5) is 19.7. The normalized spacial score (nSPS) is 11.7. The standard InChI is InChI=1S/C15H10F4N2O6/c1-7(27-15-11(21(24)25)5-3-9(17)13(15)19)6-26-14-10(20(22)23)4-2-8(16)12(14)18/h2-5,7H,6H2,1H3/t7-/m0/s1. The molecule has 1 atom stereocenters. The lowest BCUT2D eigenvalue weighted by atomic mass is 10.2. The lowest BCUT2D eigenvalue weighted by Gasteiger charge is -2.16. The van der Waals surface area contributed by atoms with E-state index in [1.54, 1.807) is 0 Å². The van der Waals surface area contributed by atoms with Crippen LogP contribution in [0.1, 0.15) is 6.92 Å². The fourth-order valence-electron chi connectivity index (χ4n) is 2.02. The molecule has 0 unspecified atom stereocenters. The lowest BCUT2D eigenvalue weighted by Crippen LogP contribution is -2.23. The van der Waals surface area contributed by atoms with Crippen molar-refractivity contribution in [2.45, 2.75) is 13.0 Å². The van der Waals surface area contributed by atoms with E-state index in [0.29, 0.717) is 24.3 Å². The summed E-state index contributed by atoms with van der Waals surface area (Å²) in [7, 11) is 0. The molecule has 0 saturated carbocycles. The Labute approximate surface area is 148 Å². The molecule has 0 bridgehead atoms. The van der Waals surface area contributed by atoms with Gasteiger partial charge in [0.1, 0.15) is 12.7 Å². The molecule has 12 heteroatoms. The number of rotatable bonds is 7. The van der Waals surface area contributed by atoms with Gasteiger partial charge in [-0.25, -0.2) is 8.78 Å². The summed E-state index contributed by atoms with van der Waals surface area (Å²) in [5.74, 6) is -8.11. The zero-order valence-corrected chi connectivity index (χ0v) is 13.4. The second-order valence-corrected chi connectivity index (χ2v) is 5.17. The van der Waals surface area contributed by atoms with Crippen molar-refractivity contribution >= 4 is 11.4 Å². The van der Waals surface area contributed by atoms with Crippen LogP contribution in [0.5, 0.6) is 11.5 Å². The van der Waals surface area contributed by atoms with Gasteiger partial charge in [0, 0.05) is 12.1 Å². The van der Waals surface area contributed by atoms with Gasteiger partial charge in [-0.05, 0) is 19.1 Å². The molecule has 0 saturated heterocycles. The average Bonchev–Trinajstić information content (AvgIpc) is 2.59. The minimum Gasteiger partial charge on any atom is -0.481 e. The van der Waals surface area contributed by atoms with E-state index >= 15 is 0 Å². The van der Waals surface area contributed by atoms with E-state index in [1.165, 1.54) is 6.92 Å². The van der Waals surface area contributed by atoms with Crippen LogP contribution >= 0.6 is 0 Å². The van der Waals surface area contributed by atoms with Gasteiger partial charge in [0.25, 0.3) is 0 Å². The summed E-state index contributed by atoms with van der Waals surface area (Å²) in [6, 6.07) is 2.42. The van der Waals surface area contributed by atoms with Crippen LogP contribution in [0, 0.1) is 43.5 Å². The SMILES string of the molecule is C[C@@H](COc1c([N+](=O)[O-])ccc(F)c1F)Oc1c([N+](=O)[O-])ccc(F)c1F. The first-order valence-corrected chi connectivity index (χ1v) is 7.17. The van der Waals surface area contributed by atoms with Gasteiger partial charge in [-0.1, -0.05) is 0 Å². The fourth-order valence-corrected chi connectivity index (χ4v) is 2.02. The van der Waals surface area contributed by atoms with Gasteiger partial charge in [-0.2, -0.15) is 8.78 Å². The highest BCUT2D eigenvalue weighted by Crippen LogP contribution is 2.34. The van der Waals surface area contributed by atoms with Gasteiger partial charge >= 0.3 is 11.4 Å². The van der Waals surface area contributed by atoms with E-state index < -0.39 is 68.7 Å². The van der Waals surface area contributed by atoms with Crippen molar-refractivity contribution in [2.75, 3.05) is 6.61 Å². The lowest BCUT2D eigenvalue weighted by molar-refractivity contribution is -0.386. The third-order valence-corrected chi connectivity index (χ3v) is 3.23. The maximum Gasteiger partial charge on any atom is 0.314 e. The van der Waals surface area contributed by atoms with Crippen LogP contribution in [0.15, 0.2) is 24.3 Å². The first-order valence-electron chi connectivity index (χ1n) is 7.17. The molecular weight excluding hydrogens is 380 g/mol. The molecule has 0 heterocycles. The van der Waals surface area contributed by atoms with E-state index in [4.69, 9.17) is 9.47 Å². The van der Waals surface area contributed by atoms with Crippen molar-refractivity contribution < 1.29 is 36.9 Å². The Morgan fingerprint density at radius 1 is 0.889 bits per heavy atom. The van der Waals surface area contributed by atoms with Crippen molar-refractivity contribution in [3.63, 3.8) is 0 Å². The number of hydrogen-bond acceptors (Lipinski definition) is 6. The Hall–Kier alpha value is -3.44. The van der Waals surface area contributed by atoms with Gasteiger partial charge in [-0.3, -0.25) is 20.2 Å². The summed E-state index contributed by atoms with van der Waals surface area (Å²) in [5.41, 5.74) is -1.74. The molecule has 0 spiro atoms. The maximum absolute atomic E-state index is 13.8. The van der Waals surface area contributed by atoms with Crippen LogP contribution in [0.4, 0.5) is 28.9 Å². The molecule has 0 aliphatic heterocycles. The van der Waals surface area contributed by atoms with Crippen molar-refractivity contribution in [3.8, 4) is 11.5 Å². The van der Waals surface area contributed by atoms with E-state index in [9.17, 15) is 37.8 Å². The molecule has 144 valence electrons. The number of nitro groups is 2. The minimum atomic E-state index is -1.63. The Morgan fingerprint density at radius 3 is 1.81 bits per heavy atom. The van der Waals surface area contributed by atoms with E-state index in [2.05, 4.69) is 0 Å². The zero-order valence-electron chi connectivity index (χ0n) is 13.4. The predicted molar refractivity (Wildman–Crippen MR) is 81.6 cm³/mol. The second kappa shape index (κ2) is 7.85. The van der Waals surface area contributed by atoms with Crippen LogP contribution in [0.3, 0.4) is 0 Å². The molecule has 0 aromatic heterocycles.